The highest BCUT2D eigenvalue weighted by molar-refractivity contribution is 6.31. The summed E-state index contributed by atoms with van der Waals surface area (Å²) in [4.78, 5) is 0. The van der Waals surface area contributed by atoms with E-state index in [2.05, 4.69) is 12.2 Å². The van der Waals surface area contributed by atoms with Gasteiger partial charge in [-0.3, -0.25) is 0 Å². The molecule has 2 fully saturated rings. The molecule has 0 amide bonds. The van der Waals surface area contributed by atoms with E-state index in [-0.39, 0.29) is 5.82 Å². The van der Waals surface area contributed by atoms with Crippen molar-refractivity contribution in [1.82, 2.24) is 5.32 Å². The first-order chi connectivity index (χ1) is 9.69. The van der Waals surface area contributed by atoms with Gasteiger partial charge in [0, 0.05) is 16.6 Å². The maximum atomic E-state index is 14.0. The molecule has 2 aliphatic rings. The summed E-state index contributed by atoms with van der Waals surface area (Å²) in [6.07, 6.45) is 5.89. The lowest BCUT2D eigenvalue weighted by Crippen LogP contribution is -2.38. The average Bonchev–Trinajstić information content (AvgIpc) is 3.04. The quantitative estimate of drug-likeness (QED) is 0.818. The molecule has 0 saturated heterocycles. The molecule has 0 bridgehead atoms. The predicted octanol–water partition coefficient (Wildman–Crippen LogP) is 4.44. The minimum absolute atomic E-state index is 0.163. The van der Waals surface area contributed by atoms with Crippen molar-refractivity contribution in [3.05, 3.63) is 34.6 Å². The Kier molecular flexibility index (Phi) is 4.32. The van der Waals surface area contributed by atoms with Crippen LogP contribution >= 0.6 is 11.6 Å². The van der Waals surface area contributed by atoms with Crippen LogP contribution in [-0.4, -0.2) is 12.6 Å². The van der Waals surface area contributed by atoms with Gasteiger partial charge in [-0.05, 0) is 68.5 Å². The first-order valence-corrected chi connectivity index (χ1v) is 8.23. The number of rotatable bonds is 6. The SMILES string of the molecule is CCCNC(Cc1c(F)cccc1Cl)C1CC2CC2C1. The normalized spacial score (nSPS) is 29.2. The lowest BCUT2D eigenvalue weighted by atomic mass is 9.89. The van der Waals surface area contributed by atoms with Crippen molar-refractivity contribution in [1.29, 1.82) is 0 Å². The van der Waals surface area contributed by atoms with E-state index in [1.807, 2.05) is 0 Å². The Bertz CT molecular complexity index is 446. The van der Waals surface area contributed by atoms with Crippen LogP contribution in [0.2, 0.25) is 5.02 Å². The van der Waals surface area contributed by atoms with Gasteiger partial charge in [0.1, 0.15) is 5.82 Å². The molecule has 0 heterocycles. The van der Waals surface area contributed by atoms with Crippen LogP contribution in [0.3, 0.4) is 0 Å². The van der Waals surface area contributed by atoms with Crippen molar-refractivity contribution in [2.75, 3.05) is 6.54 Å². The molecular weight excluding hydrogens is 273 g/mol. The van der Waals surface area contributed by atoms with Crippen LogP contribution in [0.25, 0.3) is 0 Å². The molecule has 0 radical (unpaired) electrons. The van der Waals surface area contributed by atoms with Gasteiger partial charge in [-0.1, -0.05) is 24.6 Å². The highest BCUT2D eigenvalue weighted by Crippen LogP contribution is 2.55. The molecular formula is C17H23ClFN. The molecule has 3 rings (SSSR count). The number of hydrogen-bond acceptors (Lipinski definition) is 1. The minimum Gasteiger partial charge on any atom is -0.313 e. The number of benzene rings is 1. The monoisotopic (exact) mass is 295 g/mol. The summed E-state index contributed by atoms with van der Waals surface area (Å²) in [6.45, 7) is 3.18. The Hall–Kier alpha value is -0.600. The van der Waals surface area contributed by atoms with Crippen molar-refractivity contribution in [3.63, 3.8) is 0 Å². The summed E-state index contributed by atoms with van der Waals surface area (Å²) in [5.74, 6) is 2.45. The molecule has 3 heteroatoms. The Labute approximate surface area is 125 Å². The molecule has 0 spiro atoms. The van der Waals surface area contributed by atoms with E-state index < -0.39 is 0 Å². The maximum Gasteiger partial charge on any atom is 0.127 e. The number of hydrogen-bond donors (Lipinski definition) is 1. The largest absolute Gasteiger partial charge is 0.313 e. The van der Waals surface area contributed by atoms with Gasteiger partial charge in [0.05, 0.1) is 0 Å². The van der Waals surface area contributed by atoms with Gasteiger partial charge in [-0.25, -0.2) is 4.39 Å². The van der Waals surface area contributed by atoms with Crippen molar-refractivity contribution >= 4 is 11.6 Å². The molecule has 1 nitrogen and oxygen atoms in total. The van der Waals surface area contributed by atoms with Crippen LogP contribution < -0.4 is 5.32 Å². The second-order valence-corrected chi connectivity index (χ2v) is 6.86. The van der Waals surface area contributed by atoms with Crippen molar-refractivity contribution in [3.8, 4) is 0 Å². The first kappa shape index (κ1) is 14.3. The molecule has 20 heavy (non-hydrogen) atoms. The van der Waals surface area contributed by atoms with Crippen molar-refractivity contribution in [2.45, 2.75) is 45.1 Å². The second-order valence-electron chi connectivity index (χ2n) is 6.45. The molecule has 0 aliphatic heterocycles. The third-order valence-electron chi connectivity index (χ3n) is 4.99. The van der Waals surface area contributed by atoms with Gasteiger partial charge in [0.15, 0.2) is 0 Å². The van der Waals surface area contributed by atoms with E-state index in [4.69, 9.17) is 11.6 Å². The van der Waals surface area contributed by atoms with E-state index in [1.54, 1.807) is 12.1 Å². The fourth-order valence-electron chi connectivity index (χ4n) is 3.77. The molecule has 2 aliphatic carbocycles. The van der Waals surface area contributed by atoms with E-state index in [0.717, 1.165) is 31.2 Å². The zero-order valence-corrected chi connectivity index (χ0v) is 12.8. The Morgan fingerprint density at radius 1 is 1.30 bits per heavy atom. The summed E-state index contributed by atoms with van der Waals surface area (Å²) in [7, 11) is 0. The molecule has 1 N–H and O–H groups in total. The van der Waals surface area contributed by atoms with Gasteiger partial charge in [-0.2, -0.15) is 0 Å². The van der Waals surface area contributed by atoms with Crippen molar-refractivity contribution < 1.29 is 4.39 Å². The lowest BCUT2D eigenvalue weighted by molar-refractivity contribution is 0.330. The molecule has 1 aromatic rings. The summed E-state index contributed by atoms with van der Waals surface area (Å²) in [6, 6.07) is 5.37. The number of fused-ring (bicyclic) bond motifs is 1. The topological polar surface area (TPSA) is 12.0 Å². The van der Waals surface area contributed by atoms with Gasteiger partial charge in [-0.15, -0.1) is 0 Å². The van der Waals surface area contributed by atoms with E-state index in [1.165, 1.54) is 25.3 Å². The Morgan fingerprint density at radius 3 is 2.70 bits per heavy atom. The molecule has 3 atom stereocenters. The van der Waals surface area contributed by atoms with Gasteiger partial charge in [0.25, 0.3) is 0 Å². The zero-order valence-electron chi connectivity index (χ0n) is 12.0. The molecule has 3 unspecified atom stereocenters. The third-order valence-corrected chi connectivity index (χ3v) is 5.35. The molecule has 2 saturated carbocycles. The average molecular weight is 296 g/mol. The smallest absolute Gasteiger partial charge is 0.127 e. The minimum atomic E-state index is -0.163. The highest BCUT2D eigenvalue weighted by Gasteiger charge is 2.47. The van der Waals surface area contributed by atoms with Crippen LogP contribution in [-0.2, 0) is 6.42 Å². The number of nitrogens with one attached hydrogen (secondary N) is 1. The fraction of sp³-hybridized carbons (Fsp3) is 0.647. The second kappa shape index (κ2) is 6.03. The van der Waals surface area contributed by atoms with Crippen LogP contribution in [0.1, 0.15) is 38.2 Å². The van der Waals surface area contributed by atoms with Crippen LogP contribution in [0.4, 0.5) is 4.39 Å². The maximum absolute atomic E-state index is 14.0. The summed E-state index contributed by atoms with van der Waals surface area (Å²) in [5.41, 5.74) is 0.684. The fourth-order valence-corrected chi connectivity index (χ4v) is 4.01. The molecule has 110 valence electrons. The lowest BCUT2D eigenvalue weighted by Gasteiger charge is -2.26. The number of halogens is 2. The van der Waals surface area contributed by atoms with Crippen LogP contribution in [0.5, 0.6) is 0 Å². The summed E-state index contributed by atoms with van der Waals surface area (Å²) >= 11 is 6.18. The third kappa shape index (κ3) is 3.01. The van der Waals surface area contributed by atoms with Gasteiger partial charge in [0.2, 0.25) is 0 Å². The first-order valence-electron chi connectivity index (χ1n) is 7.85. The van der Waals surface area contributed by atoms with Crippen molar-refractivity contribution in [2.24, 2.45) is 17.8 Å². The van der Waals surface area contributed by atoms with E-state index in [0.29, 0.717) is 22.5 Å². The predicted molar refractivity (Wildman–Crippen MR) is 81.5 cm³/mol. The Morgan fingerprint density at radius 2 is 2.05 bits per heavy atom. The van der Waals surface area contributed by atoms with Crippen LogP contribution in [0.15, 0.2) is 18.2 Å². The van der Waals surface area contributed by atoms with Gasteiger partial charge < -0.3 is 5.32 Å². The summed E-state index contributed by atoms with van der Waals surface area (Å²) < 4.78 is 14.0. The van der Waals surface area contributed by atoms with E-state index in [9.17, 15) is 4.39 Å². The Balaban J connectivity index is 1.71. The zero-order chi connectivity index (χ0) is 14.1. The standard InChI is InChI=1S/C17H23ClFN/c1-2-6-20-17(13-8-11-7-12(11)9-13)10-14-15(18)4-3-5-16(14)19/h3-5,11-13,17,20H,2,6-10H2,1H3. The van der Waals surface area contributed by atoms with Gasteiger partial charge >= 0.3 is 0 Å². The summed E-state index contributed by atoms with van der Waals surface area (Å²) in [5, 5.41) is 4.20. The molecule has 0 aromatic heterocycles. The van der Waals surface area contributed by atoms with E-state index >= 15 is 0 Å². The van der Waals surface area contributed by atoms with Crippen LogP contribution in [0, 0.1) is 23.6 Å². The highest BCUT2D eigenvalue weighted by atomic mass is 35.5. The molecule has 1 aromatic carbocycles.